The van der Waals surface area contributed by atoms with Gasteiger partial charge < -0.3 is 4.90 Å². The molecule has 1 aromatic heterocycles. The smallest absolute Gasteiger partial charge is 0.246 e. The van der Waals surface area contributed by atoms with Crippen molar-refractivity contribution in [2.24, 2.45) is 0 Å². The number of hydrogen-bond acceptors (Lipinski definition) is 3. The van der Waals surface area contributed by atoms with E-state index in [4.69, 9.17) is 11.6 Å². The van der Waals surface area contributed by atoms with Gasteiger partial charge in [-0.05, 0) is 35.4 Å². The number of halogens is 1. The van der Waals surface area contributed by atoms with Gasteiger partial charge in [-0.2, -0.15) is 0 Å². The summed E-state index contributed by atoms with van der Waals surface area (Å²) in [5.41, 5.74) is 2.14. The van der Waals surface area contributed by atoms with Gasteiger partial charge in [0.05, 0.1) is 0 Å². The van der Waals surface area contributed by atoms with E-state index in [9.17, 15) is 4.79 Å². The van der Waals surface area contributed by atoms with Gasteiger partial charge in [0.15, 0.2) is 0 Å². The Labute approximate surface area is 147 Å². The predicted molar refractivity (Wildman–Crippen MR) is 96.6 cm³/mol. The van der Waals surface area contributed by atoms with Crippen molar-refractivity contribution in [2.45, 2.75) is 6.54 Å². The van der Waals surface area contributed by atoms with E-state index in [0.29, 0.717) is 0 Å². The molecule has 0 radical (unpaired) electrons. The van der Waals surface area contributed by atoms with Crippen molar-refractivity contribution in [3.05, 3.63) is 71.0 Å². The highest BCUT2D eigenvalue weighted by atomic mass is 35.5. The highest BCUT2D eigenvalue weighted by Crippen LogP contribution is 2.14. The molecule has 1 saturated heterocycles. The molecule has 4 nitrogen and oxygen atoms in total. The standard InChI is InChI=1S/C19H20ClN3O/c20-18-5-1-3-17(13-18)15-22-9-11-23(12-10-22)19(24)7-6-16-4-2-8-21-14-16/h1-8,13-14H,9-12,15H2/b7-6+. The third-order valence-corrected chi connectivity index (χ3v) is 4.32. The molecule has 1 fully saturated rings. The first-order valence-electron chi connectivity index (χ1n) is 8.04. The van der Waals surface area contributed by atoms with E-state index in [-0.39, 0.29) is 5.91 Å². The minimum Gasteiger partial charge on any atom is -0.337 e. The van der Waals surface area contributed by atoms with E-state index in [2.05, 4.69) is 16.0 Å². The van der Waals surface area contributed by atoms with Gasteiger partial charge in [-0.15, -0.1) is 0 Å². The molecule has 0 unspecified atom stereocenters. The first-order valence-corrected chi connectivity index (χ1v) is 8.42. The Bertz CT molecular complexity index is 710. The second kappa shape index (κ2) is 8.08. The fourth-order valence-electron chi connectivity index (χ4n) is 2.77. The van der Waals surface area contributed by atoms with Crippen molar-refractivity contribution < 1.29 is 4.79 Å². The first-order chi connectivity index (χ1) is 11.7. The summed E-state index contributed by atoms with van der Waals surface area (Å²) in [6.45, 7) is 4.11. The van der Waals surface area contributed by atoms with Crippen molar-refractivity contribution in [3.63, 3.8) is 0 Å². The van der Waals surface area contributed by atoms with Gasteiger partial charge in [0.1, 0.15) is 0 Å². The van der Waals surface area contributed by atoms with Crippen LogP contribution in [-0.2, 0) is 11.3 Å². The molecule has 124 valence electrons. The van der Waals surface area contributed by atoms with Crippen molar-refractivity contribution in [3.8, 4) is 0 Å². The summed E-state index contributed by atoms with van der Waals surface area (Å²) in [6, 6.07) is 11.7. The Hall–Kier alpha value is -2.17. The zero-order valence-electron chi connectivity index (χ0n) is 13.4. The summed E-state index contributed by atoms with van der Waals surface area (Å²) in [6.07, 6.45) is 6.91. The SMILES string of the molecule is O=C(/C=C/c1cccnc1)N1CCN(Cc2cccc(Cl)c2)CC1. The quantitative estimate of drug-likeness (QED) is 0.802. The lowest BCUT2D eigenvalue weighted by Crippen LogP contribution is -2.47. The number of pyridine rings is 1. The molecule has 0 atom stereocenters. The van der Waals surface area contributed by atoms with Crippen molar-refractivity contribution in [1.29, 1.82) is 0 Å². The molecule has 1 amide bonds. The van der Waals surface area contributed by atoms with E-state index in [1.54, 1.807) is 18.5 Å². The Morgan fingerprint density at radius 1 is 1.17 bits per heavy atom. The lowest BCUT2D eigenvalue weighted by molar-refractivity contribution is -0.127. The van der Waals surface area contributed by atoms with Crippen LogP contribution < -0.4 is 0 Å². The summed E-state index contributed by atoms with van der Waals surface area (Å²) in [5, 5.41) is 0.766. The van der Waals surface area contributed by atoms with Gasteiger partial charge in [-0.25, -0.2) is 0 Å². The zero-order valence-corrected chi connectivity index (χ0v) is 14.2. The minimum absolute atomic E-state index is 0.0567. The molecule has 5 heteroatoms. The molecule has 0 saturated carbocycles. The summed E-state index contributed by atoms with van der Waals surface area (Å²) in [7, 11) is 0. The maximum Gasteiger partial charge on any atom is 0.246 e. The van der Waals surface area contributed by atoms with Gasteiger partial charge in [-0.3, -0.25) is 14.7 Å². The number of nitrogens with zero attached hydrogens (tertiary/aromatic N) is 3. The third-order valence-electron chi connectivity index (χ3n) is 4.08. The normalized spacial score (nSPS) is 15.8. The third kappa shape index (κ3) is 4.66. The number of carbonyl (C=O) groups is 1. The maximum atomic E-state index is 12.3. The molecular formula is C19H20ClN3O. The molecule has 0 N–H and O–H groups in total. The summed E-state index contributed by atoms with van der Waals surface area (Å²) >= 11 is 6.03. The number of aromatic nitrogens is 1. The summed E-state index contributed by atoms with van der Waals surface area (Å²) in [5.74, 6) is 0.0567. The Morgan fingerprint density at radius 2 is 2.00 bits per heavy atom. The van der Waals surface area contributed by atoms with Crippen LogP contribution in [0.25, 0.3) is 6.08 Å². The van der Waals surface area contributed by atoms with Crippen LogP contribution in [0.2, 0.25) is 5.02 Å². The van der Waals surface area contributed by atoms with Crippen LogP contribution in [0.3, 0.4) is 0 Å². The molecular weight excluding hydrogens is 322 g/mol. The molecule has 2 aromatic rings. The van der Waals surface area contributed by atoms with Crippen molar-refractivity contribution >= 4 is 23.6 Å². The predicted octanol–water partition coefficient (Wildman–Crippen LogP) is 3.09. The van der Waals surface area contributed by atoms with E-state index in [0.717, 1.165) is 43.3 Å². The average molecular weight is 342 g/mol. The monoisotopic (exact) mass is 341 g/mol. The fourth-order valence-corrected chi connectivity index (χ4v) is 2.98. The van der Waals surface area contributed by atoms with Crippen LogP contribution in [0.4, 0.5) is 0 Å². The Morgan fingerprint density at radius 3 is 2.71 bits per heavy atom. The van der Waals surface area contributed by atoms with E-state index in [1.165, 1.54) is 5.56 Å². The average Bonchev–Trinajstić information content (AvgIpc) is 2.61. The Balaban J connectivity index is 1.49. The van der Waals surface area contributed by atoms with Gasteiger partial charge in [0.2, 0.25) is 5.91 Å². The van der Waals surface area contributed by atoms with Crippen LogP contribution in [0, 0.1) is 0 Å². The first kappa shape index (κ1) is 16.7. The van der Waals surface area contributed by atoms with Crippen LogP contribution in [0.1, 0.15) is 11.1 Å². The molecule has 2 heterocycles. The number of piperazine rings is 1. The molecule has 1 aliphatic heterocycles. The van der Waals surface area contributed by atoms with E-state index < -0.39 is 0 Å². The van der Waals surface area contributed by atoms with Crippen LogP contribution in [-0.4, -0.2) is 46.9 Å². The number of carbonyl (C=O) groups excluding carboxylic acids is 1. The maximum absolute atomic E-state index is 12.3. The minimum atomic E-state index is 0.0567. The zero-order chi connectivity index (χ0) is 16.8. The highest BCUT2D eigenvalue weighted by Gasteiger charge is 2.19. The van der Waals surface area contributed by atoms with Gasteiger partial charge in [0, 0.05) is 56.2 Å². The molecule has 0 aliphatic carbocycles. The van der Waals surface area contributed by atoms with Crippen LogP contribution >= 0.6 is 11.6 Å². The molecule has 3 rings (SSSR count). The topological polar surface area (TPSA) is 36.4 Å². The molecule has 24 heavy (non-hydrogen) atoms. The van der Waals surface area contributed by atoms with E-state index >= 15 is 0 Å². The Kier molecular flexibility index (Phi) is 5.62. The fraction of sp³-hybridized carbons (Fsp3) is 0.263. The lowest BCUT2D eigenvalue weighted by Gasteiger charge is -2.34. The number of rotatable bonds is 4. The lowest BCUT2D eigenvalue weighted by atomic mass is 10.2. The number of amides is 1. The molecule has 0 spiro atoms. The van der Waals surface area contributed by atoms with Gasteiger partial charge in [0.25, 0.3) is 0 Å². The molecule has 1 aromatic carbocycles. The summed E-state index contributed by atoms with van der Waals surface area (Å²) in [4.78, 5) is 20.5. The second-order valence-electron chi connectivity index (χ2n) is 5.85. The molecule has 0 bridgehead atoms. The van der Waals surface area contributed by atoms with Crippen LogP contribution in [0.15, 0.2) is 54.9 Å². The number of hydrogen-bond donors (Lipinski definition) is 0. The second-order valence-corrected chi connectivity index (χ2v) is 6.29. The molecule has 1 aliphatic rings. The highest BCUT2D eigenvalue weighted by molar-refractivity contribution is 6.30. The van der Waals surface area contributed by atoms with Gasteiger partial charge in [-0.1, -0.05) is 29.8 Å². The van der Waals surface area contributed by atoms with Crippen molar-refractivity contribution in [2.75, 3.05) is 26.2 Å². The van der Waals surface area contributed by atoms with Gasteiger partial charge >= 0.3 is 0 Å². The van der Waals surface area contributed by atoms with Crippen LogP contribution in [0.5, 0.6) is 0 Å². The van der Waals surface area contributed by atoms with E-state index in [1.807, 2.05) is 41.3 Å². The number of benzene rings is 1. The summed E-state index contributed by atoms with van der Waals surface area (Å²) < 4.78 is 0. The largest absolute Gasteiger partial charge is 0.337 e. The van der Waals surface area contributed by atoms with Crippen molar-refractivity contribution in [1.82, 2.24) is 14.8 Å².